The molecule has 656 valence electrons. The fourth-order valence-electron chi connectivity index (χ4n) is 18.8. The molecule has 3 aromatic heterocycles. The third-order valence-corrected chi connectivity index (χ3v) is 26.5. The van der Waals surface area contributed by atoms with Gasteiger partial charge < -0.3 is 92.2 Å². The first kappa shape index (κ1) is 90.0. The van der Waals surface area contributed by atoms with E-state index in [9.17, 15) is 83.7 Å². The van der Waals surface area contributed by atoms with E-state index in [2.05, 4.69) is 72.2 Å². The van der Waals surface area contributed by atoms with E-state index in [0.29, 0.717) is 98.0 Å². The van der Waals surface area contributed by atoms with Gasteiger partial charge in [0.1, 0.15) is 36.0 Å². The number of aliphatic carboxylic acids is 4. The van der Waals surface area contributed by atoms with Crippen LogP contribution in [-0.4, -0.2) is 312 Å². The van der Waals surface area contributed by atoms with E-state index in [1.54, 1.807) is 24.1 Å². The van der Waals surface area contributed by atoms with Crippen molar-refractivity contribution < 1.29 is 103 Å². The smallest absolute Gasteiger partial charge is 0.426 e. The molecule has 12 rings (SSSR count). The molecule has 2 unspecified atom stereocenters. The number of hydrogen-bond acceptors (Lipinski definition) is 30. The van der Waals surface area contributed by atoms with E-state index in [1.807, 2.05) is 62.4 Å². The number of amides is 6. The maximum atomic E-state index is 15.6. The number of aromatic amines is 2. The van der Waals surface area contributed by atoms with Crippen molar-refractivity contribution in [3.05, 3.63) is 123 Å². The highest BCUT2D eigenvalue weighted by Crippen LogP contribution is 2.68. The minimum Gasteiger partial charge on any atom is -0.496 e. The Kier molecular flexibility index (Phi) is 28.1. The van der Waals surface area contributed by atoms with Gasteiger partial charge in [-0.15, -0.1) is 0 Å². The van der Waals surface area contributed by atoms with Crippen LogP contribution in [0.5, 0.6) is 5.75 Å². The average molecular weight is 1730 g/mol. The molecule has 5 aliphatic heterocycles. The molecule has 2 saturated heterocycles. The van der Waals surface area contributed by atoms with Gasteiger partial charge in [-0.2, -0.15) is 4.98 Å². The summed E-state index contributed by atoms with van der Waals surface area (Å²) < 4.78 is 17.8. The molecule has 6 aliphatic rings. The maximum absolute atomic E-state index is 15.6. The first-order valence-electron chi connectivity index (χ1n) is 40.0. The summed E-state index contributed by atoms with van der Waals surface area (Å²) in [4.78, 5) is 184. The Morgan fingerprint density at radius 3 is 2.17 bits per heavy atom. The van der Waals surface area contributed by atoms with Gasteiger partial charge in [0, 0.05) is 139 Å². The molecule has 40 nitrogen and oxygen atoms in total. The van der Waals surface area contributed by atoms with E-state index >= 15 is 9.59 Å². The normalized spacial score (nSPS) is 24.2. The Bertz CT molecular complexity index is 5080. The van der Waals surface area contributed by atoms with E-state index < -0.39 is 155 Å². The number of carboxylic acids is 4. The van der Waals surface area contributed by atoms with Gasteiger partial charge in [-0.1, -0.05) is 65.8 Å². The molecule has 18 N–H and O–H groups in total. The van der Waals surface area contributed by atoms with Crippen molar-refractivity contribution >= 4 is 126 Å². The molecule has 1 aliphatic carbocycles. The lowest BCUT2D eigenvalue weighted by Gasteiger charge is -2.63. The van der Waals surface area contributed by atoms with Crippen LogP contribution in [0.25, 0.3) is 22.1 Å². The second-order valence-electron chi connectivity index (χ2n) is 31.6. The third-order valence-electron chi connectivity index (χ3n) is 24.2. The van der Waals surface area contributed by atoms with Crippen LogP contribution >= 0.6 is 21.6 Å². The predicted octanol–water partition coefficient (Wildman–Crippen LogP) is -0.155. The van der Waals surface area contributed by atoms with Gasteiger partial charge in [0.2, 0.25) is 23.7 Å². The molecule has 3 aromatic carbocycles. The topological polar surface area (TPSA) is 571 Å². The lowest BCUT2D eigenvalue weighted by Crippen LogP contribution is -2.82. The summed E-state index contributed by atoms with van der Waals surface area (Å²) in [7, 11) is 6.64. The van der Waals surface area contributed by atoms with Crippen molar-refractivity contribution in [3.8, 4) is 5.75 Å². The number of hydrazine groups is 1. The highest BCUT2D eigenvalue weighted by molar-refractivity contribution is 8.76. The van der Waals surface area contributed by atoms with Crippen LogP contribution in [0, 0.1) is 11.3 Å². The fraction of sp³-hybridized carbons (Fsp3) is 0.512. The number of aromatic nitrogens is 5. The number of fused-ring (bicyclic) bond motifs is 7. The van der Waals surface area contributed by atoms with E-state index in [4.69, 9.17) is 19.9 Å². The van der Waals surface area contributed by atoms with Crippen LogP contribution in [0.2, 0.25) is 0 Å². The zero-order chi connectivity index (χ0) is 87.8. The minimum absolute atomic E-state index is 0.00818. The van der Waals surface area contributed by atoms with Gasteiger partial charge in [0.25, 0.3) is 17.4 Å². The zero-order valence-corrected chi connectivity index (χ0v) is 69.5. The predicted molar refractivity (Wildman–Crippen MR) is 444 cm³/mol. The van der Waals surface area contributed by atoms with E-state index in [1.165, 1.54) is 32.5 Å². The standard InChI is InChI=1S/C80H102N18O22S2/c1-6-76(116)33-44-34-79(73(114)119-5,63-49(19-25-97(37-44)43-76)48-11-8-9-12-52(48)88-63)51-31-50-55(32-56(51)118-4)94(3)70-78(50)21-26-98-24-10-20-77(7-2,69(78)98)71(112)80(70,117)72(113)92-93-75(115)120-29-30-121-122-42-54(68(110)111)87-59(101)39-96(41-61(104)105)28-27-95(40-60(102)103)38-58(100)83-23-22-82-57(99)18-17-53(67(108)109)89-65(106)45-13-15-46(16-14-45)84-35-47-36-85-64-62(86-47)66(107)91-74(81)90-64/h8-16,20,31-32,36,44,53-54,69-71,84,88,112,116-117H,6-7,17-19,21-30,33-35,37-43H2,1-5H3,(H,82,99)(H,83,100)(H,87,101)(H,89,106)(H,92,113)(H,93,115)(H,102,103)(H,104,105)(H,108,109)(H,110,111)(H3,81,85,90,91,107)/t44-,53-,54+,69?,70-,71-,76+,77-,78-,79+,80+/m1/s1. The minimum atomic E-state index is -2.69. The van der Waals surface area contributed by atoms with Crippen LogP contribution < -0.4 is 58.4 Å². The quantitative estimate of drug-likeness (QED) is 0.00792. The Hall–Kier alpha value is -11.2. The van der Waals surface area contributed by atoms with Crippen molar-refractivity contribution in [2.45, 2.75) is 124 Å². The molecule has 2 bridgehead atoms. The summed E-state index contributed by atoms with van der Waals surface area (Å²) in [6.07, 6.45) is 3.90. The number of carbonyl (C=O) groups excluding carboxylic acids is 7. The SMILES string of the molecule is CC[C@]1(O)C[C@H]2CN(CCc3c([nH]c4ccccc34)[C@@](C(=O)OC)(c3cc4c(cc3OC)N(C)[C@H]3[C@@](O)(C(=O)NNC(=O)OCCSSC[C@H](NC(=O)CN(CCN(CC(=O)O)CC(=O)NCCNC(=O)CC[C@@H](NC(=O)c5ccc(NCc6cnc7nc(N)[nH]c(=O)c7n6)cc5)C(=O)O)CC(=O)O)C(=O)O)[C@H](O)[C@]5(CC)C=CCN6CC[C@]43C65)C2)C1. The number of nitrogens with two attached hydrogens (primary N) is 1. The molecule has 0 radical (unpaired) electrons. The van der Waals surface area contributed by atoms with Gasteiger partial charge in [-0.05, 0) is 105 Å². The van der Waals surface area contributed by atoms with Gasteiger partial charge in [0.05, 0.1) is 70.5 Å². The molecule has 3 fully saturated rings. The number of nitrogens with one attached hydrogen (secondary N) is 9. The van der Waals surface area contributed by atoms with Crippen LogP contribution in [-0.2, 0) is 76.4 Å². The summed E-state index contributed by atoms with van der Waals surface area (Å²) in [5, 5.41) is 92.0. The number of aliphatic hydroxyl groups is 3. The summed E-state index contributed by atoms with van der Waals surface area (Å²) in [5.74, 6) is -10.5. The lowest BCUT2D eigenvalue weighted by atomic mass is 9.47. The number of likely N-dealkylation sites (N-methyl/N-ethyl adjacent to an activating group) is 1. The molecular formula is C80H102N18O22S2. The monoisotopic (exact) mass is 1730 g/mol. The Balaban J connectivity index is 0.606. The number of aliphatic hydroxyl groups excluding tert-OH is 1. The number of para-hydroxylation sites is 1. The number of hydrogen-bond donors (Lipinski definition) is 17. The number of methoxy groups -OCH3 is 2. The number of H-pyrrole nitrogens is 2. The van der Waals surface area contributed by atoms with E-state index in [0.717, 1.165) is 47.9 Å². The number of rotatable bonds is 37. The molecule has 122 heavy (non-hydrogen) atoms. The number of carboxylic acid groups (broad SMARTS) is 4. The summed E-state index contributed by atoms with van der Waals surface area (Å²) in [6.45, 7) is 2.79. The van der Waals surface area contributed by atoms with Crippen LogP contribution in [0.15, 0.2) is 83.8 Å². The summed E-state index contributed by atoms with van der Waals surface area (Å²) in [6, 6.07) is 12.9. The van der Waals surface area contributed by atoms with Gasteiger partial charge in [-0.25, -0.2) is 29.8 Å². The fourth-order valence-corrected chi connectivity index (χ4v) is 20.8. The first-order valence-corrected chi connectivity index (χ1v) is 42.5. The number of nitrogens with zero attached hydrogens (tertiary/aromatic N) is 8. The van der Waals surface area contributed by atoms with Gasteiger partial charge in [0.15, 0.2) is 16.8 Å². The largest absolute Gasteiger partial charge is 0.496 e. The number of benzene rings is 3. The molecule has 6 amide bonds. The van der Waals surface area contributed by atoms with Crippen molar-refractivity contribution in [2.24, 2.45) is 11.3 Å². The summed E-state index contributed by atoms with van der Waals surface area (Å²) in [5.41, 5.74) is 7.10. The average Bonchev–Trinajstić information content (AvgIpc) is 1.47. The van der Waals surface area contributed by atoms with Crippen molar-refractivity contribution in [1.29, 1.82) is 0 Å². The number of esters is 1. The third kappa shape index (κ3) is 18.7. The Morgan fingerprint density at radius 2 is 1.49 bits per heavy atom. The highest BCUT2D eigenvalue weighted by Gasteiger charge is 2.79. The van der Waals surface area contributed by atoms with Gasteiger partial charge >= 0.3 is 35.9 Å². The Labute approximate surface area is 706 Å². The second kappa shape index (κ2) is 38.0. The van der Waals surface area contributed by atoms with Gasteiger partial charge in [-0.3, -0.25) is 73.2 Å². The molecule has 1 saturated carbocycles. The van der Waals surface area contributed by atoms with E-state index in [-0.39, 0.29) is 105 Å². The second-order valence-corrected chi connectivity index (χ2v) is 34.3. The van der Waals surface area contributed by atoms with Crippen LogP contribution in [0.3, 0.4) is 0 Å². The maximum Gasteiger partial charge on any atom is 0.426 e. The number of piperidine rings is 1. The number of carbonyl (C=O) groups is 11. The summed E-state index contributed by atoms with van der Waals surface area (Å²) >= 11 is 0. The first-order chi connectivity index (χ1) is 58.2. The van der Waals surface area contributed by atoms with Crippen molar-refractivity contribution in [3.63, 3.8) is 0 Å². The van der Waals surface area contributed by atoms with Crippen LogP contribution in [0.1, 0.15) is 97.2 Å². The van der Waals surface area contributed by atoms with Crippen LogP contribution in [0.4, 0.5) is 22.1 Å². The number of ether oxygens (including phenoxy) is 3. The molecular weight excluding hydrogens is 1630 g/mol. The molecule has 12 atom stereocenters. The zero-order valence-electron chi connectivity index (χ0n) is 67.9. The van der Waals surface area contributed by atoms with Crippen molar-refractivity contribution in [1.82, 2.24) is 76.6 Å². The van der Waals surface area contributed by atoms with Crippen molar-refractivity contribution in [2.75, 3.05) is 140 Å². The number of nitrogen functional groups attached to an aromatic ring is 1. The Morgan fingerprint density at radius 1 is 0.787 bits per heavy atom. The molecule has 42 heteroatoms. The highest BCUT2D eigenvalue weighted by atomic mass is 33.1. The lowest BCUT2D eigenvalue weighted by molar-refractivity contribution is -0.204. The molecule has 8 heterocycles. The molecule has 6 aromatic rings. The number of anilines is 3. The molecule has 1 spiro atoms.